The topological polar surface area (TPSA) is 69.6 Å². The molecule has 2 N–H and O–H groups in total. The van der Waals surface area contributed by atoms with Crippen molar-refractivity contribution in [3.63, 3.8) is 0 Å². The third-order valence-electron chi connectivity index (χ3n) is 3.81. The Morgan fingerprint density at radius 2 is 2.14 bits per heavy atom. The highest BCUT2D eigenvalue weighted by Gasteiger charge is 2.23. The number of nitrogens with two attached hydrogens (primary N) is 1. The van der Waals surface area contributed by atoms with Crippen LogP contribution in [0.3, 0.4) is 0 Å². The second kappa shape index (κ2) is 6.11. The maximum atomic E-state index is 14.2. The number of halogens is 1. The average molecular weight is 307 g/mol. The number of benzene rings is 1. The maximum absolute atomic E-state index is 14.2. The van der Waals surface area contributed by atoms with Crippen molar-refractivity contribution in [1.82, 2.24) is 20.2 Å². The number of tetrazole rings is 1. The summed E-state index contributed by atoms with van der Waals surface area (Å²) in [7, 11) is 0. The first-order chi connectivity index (χ1) is 10.2. The van der Waals surface area contributed by atoms with Crippen molar-refractivity contribution >= 4 is 11.8 Å². The lowest BCUT2D eigenvalue weighted by Gasteiger charge is -2.14. The monoisotopic (exact) mass is 307 g/mol. The Kier molecular flexibility index (Phi) is 4.21. The second-order valence-corrected chi connectivity index (χ2v) is 6.37. The largest absolute Gasteiger partial charge is 0.324 e. The molecule has 21 heavy (non-hydrogen) atoms. The normalized spacial score (nSPS) is 17.3. The van der Waals surface area contributed by atoms with Crippen LogP contribution in [-0.2, 0) is 0 Å². The molecule has 0 radical (unpaired) electrons. The molecule has 1 saturated carbocycles. The minimum Gasteiger partial charge on any atom is -0.324 e. The van der Waals surface area contributed by atoms with Gasteiger partial charge in [0.25, 0.3) is 0 Å². The van der Waals surface area contributed by atoms with Crippen molar-refractivity contribution < 1.29 is 4.39 Å². The van der Waals surface area contributed by atoms with E-state index in [0.29, 0.717) is 16.1 Å². The van der Waals surface area contributed by atoms with Crippen molar-refractivity contribution in [2.45, 2.75) is 54.7 Å². The minimum absolute atomic E-state index is 0.237. The lowest BCUT2D eigenvalue weighted by atomic mass is 10.1. The van der Waals surface area contributed by atoms with Gasteiger partial charge in [0.15, 0.2) is 0 Å². The van der Waals surface area contributed by atoms with Gasteiger partial charge >= 0.3 is 0 Å². The summed E-state index contributed by atoms with van der Waals surface area (Å²) in [5.74, 6) is -0.282. The zero-order valence-electron chi connectivity index (χ0n) is 11.9. The average Bonchev–Trinajstić information content (AvgIpc) is 3.11. The van der Waals surface area contributed by atoms with Gasteiger partial charge in [-0.3, -0.25) is 0 Å². The fourth-order valence-electron chi connectivity index (χ4n) is 2.71. The molecule has 0 bridgehead atoms. The third kappa shape index (κ3) is 2.94. The maximum Gasteiger partial charge on any atom is 0.214 e. The lowest BCUT2D eigenvalue weighted by molar-refractivity contribution is 0.423. The van der Waals surface area contributed by atoms with Gasteiger partial charge in [-0.2, -0.15) is 0 Å². The van der Waals surface area contributed by atoms with E-state index in [1.54, 1.807) is 6.07 Å². The number of hydrogen-bond donors (Lipinski definition) is 1. The summed E-state index contributed by atoms with van der Waals surface area (Å²) >= 11 is 1.26. The van der Waals surface area contributed by atoms with Crippen LogP contribution < -0.4 is 5.73 Å². The molecule has 5 nitrogen and oxygen atoms in total. The highest BCUT2D eigenvalue weighted by Crippen LogP contribution is 2.37. The van der Waals surface area contributed by atoms with E-state index in [9.17, 15) is 4.39 Å². The first-order valence-corrected chi connectivity index (χ1v) is 7.98. The molecule has 0 spiro atoms. The van der Waals surface area contributed by atoms with E-state index in [0.717, 1.165) is 18.4 Å². The molecule has 1 aliphatic carbocycles. The summed E-state index contributed by atoms with van der Waals surface area (Å²) in [6, 6.07) is 5.06. The standard InChI is InChI=1S/C14H18FN5S/c1-9(16)11-7-4-8-12(15)13(11)21-14-17-18-19-20(14)10-5-2-3-6-10/h4,7-10H,2-3,5-6,16H2,1H3/t9-/m0/s1. The predicted molar refractivity (Wildman–Crippen MR) is 78.4 cm³/mol. The van der Waals surface area contributed by atoms with Crippen LogP contribution in [-0.4, -0.2) is 20.2 Å². The van der Waals surface area contributed by atoms with E-state index >= 15 is 0 Å². The van der Waals surface area contributed by atoms with E-state index < -0.39 is 0 Å². The molecule has 0 amide bonds. The summed E-state index contributed by atoms with van der Waals surface area (Å²) in [6.07, 6.45) is 4.55. The van der Waals surface area contributed by atoms with E-state index in [-0.39, 0.29) is 11.9 Å². The van der Waals surface area contributed by atoms with E-state index in [2.05, 4.69) is 15.5 Å². The van der Waals surface area contributed by atoms with Gasteiger partial charge in [0.2, 0.25) is 5.16 Å². The Labute approximate surface area is 127 Å². The first-order valence-electron chi connectivity index (χ1n) is 7.16. The highest BCUT2D eigenvalue weighted by atomic mass is 32.2. The quantitative estimate of drug-likeness (QED) is 0.940. The van der Waals surface area contributed by atoms with Crippen LogP contribution in [0.25, 0.3) is 0 Å². The molecular formula is C14H18FN5S. The van der Waals surface area contributed by atoms with Gasteiger partial charge in [-0.15, -0.1) is 5.10 Å². The SMILES string of the molecule is C[C@H](N)c1cccc(F)c1Sc1nnnn1C1CCCC1. The molecule has 0 saturated heterocycles. The summed E-state index contributed by atoms with van der Waals surface area (Å²) < 4.78 is 16.0. The summed E-state index contributed by atoms with van der Waals surface area (Å²) in [4.78, 5) is 0.515. The molecule has 0 aliphatic heterocycles. The van der Waals surface area contributed by atoms with Gasteiger partial charge < -0.3 is 5.73 Å². The zero-order valence-corrected chi connectivity index (χ0v) is 12.7. The number of aromatic nitrogens is 4. The van der Waals surface area contributed by atoms with Crippen LogP contribution in [0.4, 0.5) is 4.39 Å². The second-order valence-electron chi connectivity index (χ2n) is 5.39. The lowest BCUT2D eigenvalue weighted by Crippen LogP contribution is -2.10. The molecule has 7 heteroatoms. The van der Waals surface area contributed by atoms with Gasteiger partial charge in [-0.25, -0.2) is 9.07 Å². The van der Waals surface area contributed by atoms with Crippen molar-refractivity contribution in [2.24, 2.45) is 5.73 Å². The molecule has 112 valence electrons. The number of rotatable bonds is 4. The van der Waals surface area contributed by atoms with Crippen LogP contribution in [0.1, 0.15) is 50.3 Å². The molecule has 1 fully saturated rings. The van der Waals surface area contributed by atoms with Crippen LogP contribution in [0, 0.1) is 5.82 Å². The van der Waals surface area contributed by atoms with Crippen molar-refractivity contribution in [2.75, 3.05) is 0 Å². The highest BCUT2D eigenvalue weighted by molar-refractivity contribution is 7.99. The fourth-order valence-corrected chi connectivity index (χ4v) is 3.79. The van der Waals surface area contributed by atoms with Crippen LogP contribution >= 0.6 is 11.8 Å². The summed E-state index contributed by atoms with van der Waals surface area (Å²) in [5, 5.41) is 12.5. The van der Waals surface area contributed by atoms with E-state index in [4.69, 9.17) is 5.73 Å². The summed E-state index contributed by atoms with van der Waals surface area (Å²) in [5.41, 5.74) is 6.71. The van der Waals surface area contributed by atoms with Crippen LogP contribution in [0.2, 0.25) is 0 Å². The number of hydrogen-bond acceptors (Lipinski definition) is 5. The Morgan fingerprint density at radius 1 is 1.38 bits per heavy atom. The smallest absolute Gasteiger partial charge is 0.214 e. The van der Waals surface area contributed by atoms with Gasteiger partial charge in [0.05, 0.1) is 10.9 Å². The Morgan fingerprint density at radius 3 is 2.86 bits per heavy atom. The minimum atomic E-state index is -0.282. The van der Waals surface area contributed by atoms with Gasteiger partial charge in [-0.1, -0.05) is 25.0 Å². The molecule has 3 rings (SSSR count). The van der Waals surface area contributed by atoms with Gasteiger partial charge in [0, 0.05) is 6.04 Å². The summed E-state index contributed by atoms with van der Waals surface area (Å²) in [6.45, 7) is 1.85. The first kappa shape index (κ1) is 14.5. The zero-order chi connectivity index (χ0) is 14.8. The molecule has 1 heterocycles. The van der Waals surface area contributed by atoms with Crippen molar-refractivity contribution in [1.29, 1.82) is 0 Å². The van der Waals surface area contributed by atoms with E-state index in [1.807, 2.05) is 17.7 Å². The van der Waals surface area contributed by atoms with E-state index in [1.165, 1.54) is 30.7 Å². The number of nitrogens with zero attached hydrogens (tertiary/aromatic N) is 4. The molecule has 0 unspecified atom stereocenters. The van der Waals surface area contributed by atoms with Crippen molar-refractivity contribution in [3.8, 4) is 0 Å². The Balaban J connectivity index is 1.92. The fraction of sp³-hybridized carbons (Fsp3) is 0.500. The molecule has 1 aliphatic rings. The molecule has 1 aromatic heterocycles. The van der Waals surface area contributed by atoms with Crippen LogP contribution in [0.15, 0.2) is 28.3 Å². The molecule has 1 aromatic carbocycles. The van der Waals surface area contributed by atoms with Crippen LogP contribution in [0.5, 0.6) is 0 Å². The molecule has 2 aromatic rings. The Bertz CT molecular complexity index is 622. The van der Waals surface area contributed by atoms with Gasteiger partial charge in [0.1, 0.15) is 5.82 Å². The molecule has 1 atom stereocenters. The Hall–Kier alpha value is -1.47. The van der Waals surface area contributed by atoms with Gasteiger partial charge in [-0.05, 0) is 53.6 Å². The predicted octanol–water partition coefficient (Wildman–Crippen LogP) is 3.10. The molecular weight excluding hydrogens is 289 g/mol. The third-order valence-corrected chi connectivity index (χ3v) is 4.90. The van der Waals surface area contributed by atoms with Crippen molar-refractivity contribution in [3.05, 3.63) is 29.6 Å².